The quantitative estimate of drug-likeness (QED) is 0.609. The zero-order chi connectivity index (χ0) is 8.10. The van der Waals surface area contributed by atoms with Gasteiger partial charge >= 0.3 is 68.9 Å². The first-order valence-corrected chi connectivity index (χ1v) is 3.53. The van der Waals surface area contributed by atoms with E-state index in [1.165, 1.54) is 0 Å². The molecule has 2 nitrogen and oxygen atoms in total. The van der Waals surface area contributed by atoms with Crippen molar-refractivity contribution in [2.75, 3.05) is 0 Å². The fraction of sp³-hybridized carbons (Fsp3) is 0.222. The van der Waals surface area contributed by atoms with Gasteiger partial charge in [-0.25, -0.2) is 0 Å². The van der Waals surface area contributed by atoms with Gasteiger partial charge in [0.15, 0.2) is 0 Å². The summed E-state index contributed by atoms with van der Waals surface area (Å²) in [6.07, 6.45) is 0.660. The van der Waals surface area contributed by atoms with Gasteiger partial charge in [-0.2, -0.15) is 0 Å². The summed E-state index contributed by atoms with van der Waals surface area (Å²) in [4.78, 5) is 10.1. The van der Waals surface area contributed by atoms with Crippen LogP contribution in [0.4, 0.5) is 0 Å². The van der Waals surface area contributed by atoms with E-state index in [4.69, 9.17) is 0 Å². The van der Waals surface area contributed by atoms with Crippen molar-refractivity contribution in [2.24, 2.45) is 0 Å². The smallest absolute Gasteiger partial charge is 0.550 e. The molecular formula is C9H9CsO2. The largest absolute Gasteiger partial charge is 1.00 e. The topological polar surface area (TPSA) is 40.1 Å². The van der Waals surface area contributed by atoms with Crippen LogP contribution < -0.4 is 74.0 Å². The number of carbonyl (C=O) groups excluding carboxylic acids is 1. The van der Waals surface area contributed by atoms with Gasteiger partial charge in [0.25, 0.3) is 0 Å². The average Bonchev–Trinajstić information content (AvgIpc) is 2.03. The van der Waals surface area contributed by atoms with Crippen LogP contribution in [0.5, 0.6) is 0 Å². The fourth-order valence-corrected chi connectivity index (χ4v) is 0.891. The van der Waals surface area contributed by atoms with Crippen LogP contribution in [0, 0.1) is 0 Å². The van der Waals surface area contributed by atoms with Gasteiger partial charge in [0.2, 0.25) is 0 Å². The fourth-order valence-electron chi connectivity index (χ4n) is 0.891. The first-order valence-electron chi connectivity index (χ1n) is 3.53. The van der Waals surface area contributed by atoms with Crippen LogP contribution in [0.3, 0.4) is 0 Å². The Morgan fingerprint density at radius 1 is 1.25 bits per heavy atom. The summed E-state index contributed by atoms with van der Waals surface area (Å²) >= 11 is 0. The van der Waals surface area contributed by atoms with Crippen molar-refractivity contribution >= 4 is 5.97 Å². The Bertz CT molecular complexity index is 234. The molecule has 0 amide bonds. The molecule has 0 unspecified atom stereocenters. The molecule has 1 rings (SSSR count). The maximum atomic E-state index is 10.1. The van der Waals surface area contributed by atoms with Crippen molar-refractivity contribution in [1.29, 1.82) is 0 Å². The molecule has 0 saturated carbocycles. The van der Waals surface area contributed by atoms with Crippen LogP contribution in [0.15, 0.2) is 30.3 Å². The van der Waals surface area contributed by atoms with E-state index in [-0.39, 0.29) is 75.3 Å². The van der Waals surface area contributed by atoms with Gasteiger partial charge in [0, 0.05) is 5.97 Å². The van der Waals surface area contributed by atoms with E-state index in [0.717, 1.165) is 5.56 Å². The van der Waals surface area contributed by atoms with E-state index in [2.05, 4.69) is 0 Å². The van der Waals surface area contributed by atoms with Gasteiger partial charge in [-0.3, -0.25) is 0 Å². The molecular weight excluding hydrogens is 273 g/mol. The molecule has 3 heteroatoms. The molecule has 0 spiro atoms. The third-order valence-electron chi connectivity index (χ3n) is 1.46. The minimum atomic E-state index is -0.992. The molecule has 12 heavy (non-hydrogen) atoms. The van der Waals surface area contributed by atoms with Crippen molar-refractivity contribution in [3.8, 4) is 0 Å². The minimum Gasteiger partial charge on any atom is -0.550 e. The van der Waals surface area contributed by atoms with E-state index >= 15 is 0 Å². The molecule has 0 bridgehead atoms. The second-order valence-electron chi connectivity index (χ2n) is 2.36. The molecule has 0 aliphatic carbocycles. The van der Waals surface area contributed by atoms with E-state index in [1.807, 2.05) is 30.3 Å². The van der Waals surface area contributed by atoms with Gasteiger partial charge in [0.1, 0.15) is 0 Å². The molecule has 0 aliphatic rings. The van der Waals surface area contributed by atoms with Gasteiger partial charge in [0.05, 0.1) is 0 Å². The Labute approximate surface area is 131 Å². The second-order valence-corrected chi connectivity index (χ2v) is 2.36. The summed E-state index contributed by atoms with van der Waals surface area (Å²) in [5.74, 6) is -0.992. The molecule has 58 valence electrons. The number of rotatable bonds is 3. The van der Waals surface area contributed by atoms with Gasteiger partial charge in [-0.1, -0.05) is 30.3 Å². The number of benzene rings is 1. The summed E-state index contributed by atoms with van der Waals surface area (Å²) in [5.41, 5.74) is 1.04. The van der Waals surface area contributed by atoms with Crippen molar-refractivity contribution in [1.82, 2.24) is 0 Å². The Morgan fingerprint density at radius 2 is 1.83 bits per heavy atom. The Hall–Kier alpha value is 0.742. The normalized spacial score (nSPS) is 8.67. The summed E-state index contributed by atoms with van der Waals surface area (Å²) in [6, 6.07) is 9.50. The Kier molecular flexibility index (Phi) is 7.62. The van der Waals surface area contributed by atoms with Crippen LogP contribution in [-0.4, -0.2) is 5.97 Å². The molecule has 0 fully saturated rings. The van der Waals surface area contributed by atoms with Crippen LogP contribution in [0.1, 0.15) is 12.0 Å². The SMILES string of the molecule is O=C([O-])CCc1ccccc1.[Cs+]. The Morgan fingerprint density at radius 3 is 2.33 bits per heavy atom. The summed E-state index contributed by atoms with van der Waals surface area (Å²) in [6.45, 7) is 0. The molecule has 0 aliphatic heterocycles. The number of hydrogen-bond donors (Lipinski definition) is 0. The van der Waals surface area contributed by atoms with E-state index < -0.39 is 5.97 Å². The monoisotopic (exact) mass is 282 g/mol. The molecule has 0 atom stereocenters. The number of carbonyl (C=O) groups is 1. The zero-order valence-corrected chi connectivity index (χ0v) is 13.4. The van der Waals surface area contributed by atoms with Crippen molar-refractivity contribution < 1.29 is 78.8 Å². The average molecular weight is 282 g/mol. The number of carboxylic acid groups (broad SMARTS) is 1. The van der Waals surface area contributed by atoms with Crippen molar-refractivity contribution in [2.45, 2.75) is 12.8 Å². The third kappa shape index (κ3) is 5.40. The van der Waals surface area contributed by atoms with E-state index in [0.29, 0.717) is 6.42 Å². The summed E-state index contributed by atoms with van der Waals surface area (Å²) in [5, 5.41) is 10.1. The standard InChI is InChI=1S/C9H10O2.Cs/c10-9(11)7-6-8-4-2-1-3-5-8;/h1-5H,6-7H2,(H,10,11);/q;+1/p-1. The van der Waals surface area contributed by atoms with Gasteiger partial charge in [-0.05, 0) is 18.4 Å². The first kappa shape index (κ1) is 12.7. The molecule has 0 saturated heterocycles. The van der Waals surface area contributed by atoms with E-state index in [9.17, 15) is 9.90 Å². The molecule has 0 radical (unpaired) electrons. The number of aryl methyl sites for hydroxylation is 1. The predicted molar refractivity (Wildman–Crippen MR) is 39.8 cm³/mol. The number of aliphatic carboxylic acids is 1. The van der Waals surface area contributed by atoms with Crippen LogP contribution in [-0.2, 0) is 11.2 Å². The summed E-state index contributed by atoms with van der Waals surface area (Å²) in [7, 11) is 0. The van der Waals surface area contributed by atoms with Gasteiger partial charge < -0.3 is 9.90 Å². The van der Waals surface area contributed by atoms with Crippen LogP contribution >= 0.6 is 0 Å². The summed E-state index contributed by atoms with van der Waals surface area (Å²) < 4.78 is 0. The zero-order valence-electron chi connectivity index (χ0n) is 7.12. The molecule has 1 aromatic carbocycles. The van der Waals surface area contributed by atoms with Crippen molar-refractivity contribution in [3.63, 3.8) is 0 Å². The van der Waals surface area contributed by atoms with E-state index in [1.54, 1.807) is 0 Å². The number of hydrogen-bond acceptors (Lipinski definition) is 2. The van der Waals surface area contributed by atoms with Crippen LogP contribution in [0.25, 0.3) is 0 Å². The maximum Gasteiger partial charge on any atom is 1.00 e. The molecule has 0 aromatic heterocycles. The second kappa shape index (κ2) is 7.17. The molecule has 0 N–H and O–H groups in total. The molecule has 1 aromatic rings. The number of carboxylic acids is 1. The van der Waals surface area contributed by atoms with Gasteiger partial charge in [-0.15, -0.1) is 0 Å². The molecule has 0 heterocycles. The Balaban J connectivity index is 0.00000121. The van der Waals surface area contributed by atoms with Crippen molar-refractivity contribution in [3.05, 3.63) is 35.9 Å². The minimum absolute atomic E-state index is 0. The third-order valence-corrected chi connectivity index (χ3v) is 1.46. The van der Waals surface area contributed by atoms with Crippen LogP contribution in [0.2, 0.25) is 0 Å². The maximum absolute atomic E-state index is 10.1. The first-order chi connectivity index (χ1) is 5.29. The predicted octanol–water partition coefficient (Wildman–Crippen LogP) is -2.63.